The highest BCUT2D eigenvalue weighted by atomic mass is 35.5. The van der Waals surface area contributed by atoms with Gasteiger partial charge in [0.05, 0.1) is 17.3 Å². The van der Waals surface area contributed by atoms with Gasteiger partial charge in [0.2, 0.25) is 0 Å². The van der Waals surface area contributed by atoms with Crippen LogP contribution in [0.25, 0.3) is 10.9 Å². The molecule has 4 aromatic carbocycles. The van der Waals surface area contributed by atoms with E-state index < -0.39 is 5.97 Å². The summed E-state index contributed by atoms with van der Waals surface area (Å²) in [6, 6.07) is 31.3. The Balaban J connectivity index is 1.20. The third-order valence-corrected chi connectivity index (χ3v) is 9.32. The van der Waals surface area contributed by atoms with E-state index in [1.54, 1.807) is 6.07 Å². The quantitative estimate of drug-likeness (QED) is 0.166. The van der Waals surface area contributed by atoms with Crippen molar-refractivity contribution in [2.24, 2.45) is 0 Å². The number of halogens is 2. The number of rotatable bonds is 9. The first kappa shape index (κ1) is 28.8. The number of hydrogen-bond acceptors (Lipinski definition) is 4. The number of carboxylic acids is 1. The molecule has 0 spiro atoms. The van der Waals surface area contributed by atoms with Crippen molar-refractivity contribution in [2.45, 2.75) is 43.6 Å². The predicted molar refractivity (Wildman–Crippen MR) is 176 cm³/mol. The van der Waals surface area contributed by atoms with Gasteiger partial charge in [-0.05, 0) is 90.9 Å². The highest BCUT2D eigenvalue weighted by Crippen LogP contribution is 2.43. The van der Waals surface area contributed by atoms with E-state index in [9.17, 15) is 4.79 Å². The fourth-order valence-corrected chi connectivity index (χ4v) is 6.73. The van der Waals surface area contributed by atoms with Crippen molar-refractivity contribution in [3.63, 3.8) is 0 Å². The van der Waals surface area contributed by atoms with Crippen LogP contribution in [-0.4, -0.2) is 40.6 Å². The van der Waals surface area contributed by atoms with Crippen LogP contribution in [0.15, 0.2) is 91.0 Å². The van der Waals surface area contributed by atoms with Crippen LogP contribution in [0.5, 0.6) is 5.75 Å². The Kier molecular flexibility index (Phi) is 7.96. The van der Waals surface area contributed by atoms with Gasteiger partial charge in [-0.1, -0.05) is 59.6 Å². The molecule has 224 valence electrons. The molecule has 2 fully saturated rings. The summed E-state index contributed by atoms with van der Waals surface area (Å²) in [6.07, 6.45) is 4.32. The lowest BCUT2D eigenvalue weighted by Crippen LogP contribution is -2.33. The number of fused-ring (bicyclic) bond motifs is 1. The molecule has 44 heavy (non-hydrogen) atoms. The first-order valence-corrected chi connectivity index (χ1v) is 15.9. The second-order valence-electron chi connectivity index (χ2n) is 11.8. The maximum atomic E-state index is 10.9. The van der Waals surface area contributed by atoms with Gasteiger partial charge in [0.15, 0.2) is 6.61 Å². The average Bonchev–Trinajstić information content (AvgIpc) is 3.82. The minimum atomic E-state index is -0.982. The molecule has 1 aliphatic carbocycles. The monoisotopic (exact) mass is 625 g/mol. The van der Waals surface area contributed by atoms with E-state index in [0.29, 0.717) is 17.7 Å². The van der Waals surface area contributed by atoms with E-state index in [-0.39, 0.29) is 12.5 Å². The van der Waals surface area contributed by atoms with E-state index in [1.165, 1.54) is 46.1 Å². The zero-order valence-corrected chi connectivity index (χ0v) is 25.7. The number of ether oxygens (including phenoxy) is 1. The van der Waals surface area contributed by atoms with Gasteiger partial charge in [-0.25, -0.2) is 4.79 Å². The summed E-state index contributed by atoms with van der Waals surface area (Å²) in [5.74, 6) is -0.0296. The number of nitrogens with zero attached hydrogens (tertiary/aromatic N) is 3. The highest BCUT2D eigenvalue weighted by Gasteiger charge is 2.31. The van der Waals surface area contributed by atoms with Crippen LogP contribution in [-0.2, 0) is 4.79 Å². The Bertz CT molecular complexity index is 1750. The minimum Gasteiger partial charge on any atom is -0.482 e. The molecule has 5 aromatic rings. The van der Waals surface area contributed by atoms with Crippen molar-refractivity contribution in [3.8, 4) is 5.75 Å². The summed E-state index contributed by atoms with van der Waals surface area (Å²) >= 11 is 12.6. The fraction of sp³-hybridized carbons (Fsp3) is 0.278. The van der Waals surface area contributed by atoms with E-state index in [2.05, 4.69) is 58.1 Å². The molecule has 6 nitrogen and oxygen atoms in total. The molecule has 1 saturated carbocycles. The summed E-state index contributed by atoms with van der Waals surface area (Å²) in [5, 5.41) is 16.9. The van der Waals surface area contributed by atoms with Crippen molar-refractivity contribution in [2.75, 3.05) is 24.6 Å². The molecule has 1 aliphatic heterocycles. The van der Waals surface area contributed by atoms with Crippen LogP contribution in [0, 0.1) is 0 Å². The summed E-state index contributed by atoms with van der Waals surface area (Å²) in [4.78, 5) is 13.3. The number of aromatic nitrogens is 2. The van der Waals surface area contributed by atoms with Gasteiger partial charge in [-0.3, -0.25) is 4.68 Å². The maximum absolute atomic E-state index is 10.9. The molecule has 8 heteroatoms. The van der Waals surface area contributed by atoms with Gasteiger partial charge >= 0.3 is 5.97 Å². The molecule has 2 aliphatic rings. The summed E-state index contributed by atoms with van der Waals surface area (Å²) in [5.41, 5.74) is 7.02. The van der Waals surface area contributed by atoms with Crippen LogP contribution >= 0.6 is 23.2 Å². The molecular formula is C36H33Cl2N3O3. The minimum absolute atomic E-state index is 0.0310. The molecule has 7 rings (SSSR count). The third kappa shape index (κ3) is 6.01. The zero-order chi connectivity index (χ0) is 30.2. The number of aliphatic carboxylic acids is 1. The summed E-state index contributed by atoms with van der Waals surface area (Å²) in [6.45, 7) is 1.44. The van der Waals surface area contributed by atoms with Crippen LogP contribution in [0.1, 0.15) is 65.9 Å². The van der Waals surface area contributed by atoms with Gasteiger partial charge < -0.3 is 14.7 Å². The molecule has 2 heterocycles. The summed E-state index contributed by atoms with van der Waals surface area (Å²) < 4.78 is 7.69. The first-order chi connectivity index (χ1) is 21.4. The SMILES string of the molecule is O=C(O)COc1cccc(N2CCC(c3nn(C4CC4)c4ccc(C(c5ccc(Cl)cc5)c5ccc(Cl)cc5)cc34)CC2)c1. The van der Waals surface area contributed by atoms with Crippen LogP contribution < -0.4 is 9.64 Å². The van der Waals surface area contributed by atoms with Gasteiger partial charge in [0.25, 0.3) is 0 Å². The van der Waals surface area contributed by atoms with Crippen molar-refractivity contribution in [3.05, 3.63) is 123 Å². The number of hydrogen-bond donors (Lipinski definition) is 1. The molecule has 0 bridgehead atoms. The van der Waals surface area contributed by atoms with Gasteiger partial charge in [-0.15, -0.1) is 0 Å². The normalized spacial score (nSPS) is 15.7. The molecule has 1 N–H and O–H groups in total. The molecule has 0 unspecified atom stereocenters. The number of carbonyl (C=O) groups is 1. The second-order valence-corrected chi connectivity index (χ2v) is 12.7. The van der Waals surface area contributed by atoms with Crippen LogP contribution in [0.2, 0.25) is 10.0 Å². The second kappa shape index (κ2) is 12.2. The Hall–Kier alpha value is -4.00. The van der Waals surface area contributed by atoms with Gasteiger partial charge in [0, 0.05) is 52.1 Å². The largest absolute Gasteiger partial charge is 0.482 e. The molecule has 1 saturated heterocycles. The fourth-order valence-electron chi connectivity index (χ4n) is 6.47. The van der Waals surface area contributed by atoms with E-state index in [0.717, 1.165) is 41.7 Å². The Morgan fingerprint density at radius 3 is 2.09 bits per heavy atom. The zero-order valence-electron chi connectivity index (χ0n) is 24.2. The Morgan fingerprint density at radius 2 is 1.48 bits per heavy atom. The smallest absolute Gasteiger partial charge is 0.341 e. The van der Waals surface area contributed by atoms with Crippen LogP contribution in [0.3, 0.4) is 0 Å². The van der Waals surface area contributed by atoms with Crippen molar-refractivity contribution in [1.29, 1.82) is 0 Å². The van der Waals surface area contributed by atoms with Crippen molar-refractivity contribution < 1.29 is 14.6 Å². The lowest BCUT2D eigenvalue weighted by molar-refractivity contribution is -0.139. The first-order valence-electron chi connectivity index (χ1n) is 15.2. The standard InChI is InChI=1S/C36H33Cl2N3O3/c37-27-9-4-23(5-10-27)35(24-6-11-28(38)12-7-24)26-8-15-33-32(20-26)36(39-41(33)29-13-14-29)25-16-18-40(19-17-25)30-2-1-3-31(21-30)44-22-34(42)43/h1-12,15,20-21,25,29,35H,13-14,16-19,22H2,(H,42,43). The Morgan fingerprint density at radius 1 is 0.841 bits per heavy atom. The lowest BCUT2D eigenvalue weighted by Gasteiger charge is -2.33. The number of piperidine rings is 1. The van der Waals surface area contributed by atoms with Gasteiger partial charge in [0.1, 0.15) is 5.75 Å². The number of benzene rings is 4. The van der Waals surface area contributed by atoms with Crippen molar-refractivity contribution in [1.82, 2.24) is 9.78 Å². The predicted octanol–water partition coefficient (Wildman–Crippen LogP) is 8.71. The van der Waals surface area contributed by atoms with Crippen LogP contribution in [0.4, 0.5) is 5.69 Å². The molecule has 1 aromatic heterocycles. The van der Waals surface area contributed by atoms with Gasteiger partial charge in [-0.2, -0.15) is 5.10 Å². The molecular weight excluding hydrogens is 593 g/mol. The highest BCUT2D eigenvalue weighted by molar-refractivity contribution is 6.30. The molecule has 0 atom stereocenters. The third-order valence-electron chi connectivity index (χ3n) is 8.82. The van der Waals surface area contributed by atoms with Crippen molar-refractivity contribution >= 4 is 45.8 Å². The molecule has 0 amide bonds. The van der Waals surface area contributed by atoms with E-state index >= 15 is 0 Å². The van der Waals surface area contributed by atoms with E-state index in [1.807, 2.05) is 36.4 Å². The molecule has 0 radical (unpaired) electrons. The average molecular weight is 627 g/mol. The summed E-state index contributed by atoms with van der Waals surface area (Å²) in [7, 11) is 0. The van der Waals surface area contributed by atoms with E-state index in [4.69, 9.17) is 38.1 Å². The lowest BCUT2D eigenvalue weighted by atomic mass is 9.84. The number of carboxylic acid groups (broad SMARTS) is 1. The Labute approximate surface area is 266 Å². The number of anilines is 1. The topological polar surface area (TPSA) is 67.6 Å². The maximum Gasteiger partial charge on any atom is 0.341 e.